The van der Waals surface area contributed by atoms with Gasteiger partial charge in [0, 0.05) is 12.8 Å². The molecule has 1 aromatic heterocycles. The Morgan fingerprint density at radius 2 is 2.10 bits per heavy atom. The number of hydrogen-bond donors (Lipinski definition) is 4. The Bertz CT molecular complexity index is 482. The van der Waals surface area contributed by atoms with Gasteiger partial charge >= 0.3 is 12.0 Å². The van der Waals surface area contributed by atoms with Gasteiger partial charge in [0.15, 0.2) is 0 Å². The van der Waals surface area contributed by atoms with Crippen molar-refractivity contribution in [2.24, 2.45) is 5.92 Å². The third-order valence-electron chi connectivity index (χ3n) is 2.88. The van der Waals surface area contributed by atoms with Gasteiger partial charge < -0.3 is 25.5 Å². The average Bonchev–Trinajstić information content (AvgIpc) is 2.69. The zero-order valence-corrected chi connectivity index (χ0v) is 12.1. The molecule has 0 aliphatic heterocycles. The Balaban J connectivity index is 2.73. The van der Waals surface area contributed by atoms with Crippen molar-refractivity contribution < 1.29 is 19.4 Å². The van der Waals surface area contributed by atoms with Crippen molar-refractivity contribution in [1.82, 2.24) is 10.3 Å². The van der Waals surface area contributed by atoms with E-state index >= 15 is 0 Å². The van der Waals surface area contributed by atoms with Crippen LogP contribution in [0.15, 0.2) is 6.07 Å². The van der Waals surface area contributed by atoms with Gasteiger partial charge in [-0.2, -0.15) is 0 Å². The number of aryl methyl sites for hydroxylation is 1. The van der Waals surface area contributed by atoms with Crippen LogP contribution in [0.5, 0.6) is 0 Å². The van der Waals surface area contributed by atoms with Gasteiger partial charge in [-0.15, -0.1) is 0 Å². The summed E-state index contributed by atoms with van der Waals surface area (Å²) >= 11 is 0. The predicted octanol–water partition coefficient (Wildman–Crippen LogP) is 1.81. The molecule has 0 aromatic carbocycles. The van der Waals surface area contributed by atoms with Crippen LogP contribution in [0.2, 0.25) is 0 Å². The lowest BCUT2D eigenvalue weighted by Gasteiger charge is -2.21. The first kappa shape index (κ1) is 16.0. The maximum absolute atomic E-state index is 11.9. The van der Waals surface area contributed by atoms with Gasteiger partial charge in [-0.25, -0.2) is 9.59 Å². The van der Waals surface area contributed by atoms with Gasteiger partial charge in [0.2, 0.25) is 0 Å². The van der Waals surface area contributed by atoms with Crippen LogP contribution in [0.1, 0.15) is 30.0 Å². The summed E-state index contributed by atoms with van der Waals surface area (Å²) in [6.45, 7) is 6.04. The number of ether oxygens (including phenoxy) is 1. The molecule has 1 aromatic rings. The van der Waals surface area contributed by atoms with Crippen molar-refractivity contribution in [2.75, 3.05) is 19.0 Å². The second-order valence-electron chi connectivity index (χ2n) is 4.95. The van der Waals surface area contributed by atoms with Gasteiger partial charge in [-0.3, -0.25) is 0 Å². The number of aromatic carboxylic acids is 1. The van der Waals surface area contributed by atoms with Gasteiger partial charge in [-0.05, 0) is 18.9 Å². The minimum Gasteiger partial charge on any atom is -0.477 e. The second kappa shape index (κ2) is 6.95. The van der Waals surface area contributed by atoms with E-state index in [9.17, 15) is 9.59 Å². The van der Waals surface area contributed by atoms with Crippen LogP contribution in [-0.4, -0.2) is 41.8 Å². The summed E-state index contributed by atoms with van der Waals surface area (Å²) in [5.74, 6) is -0.918. The van der Waals surface area contributed by atoms with Gasteiger partial charge in [-0.1, -0.05) is 13.8 Å². The lowest BCUT2D eigenvalue weighted by molar-refractivity contribution is 0.0692. The van der Waals surface area contributed by atoms with Crippen LogP contribution in [-0.2, 0) is 4.74 Å². The maximum atomic E-state index is 11.9. The largest absolute Gasteiger partial charge is 0.477 e. The summed E-state index contributed by atoms with van der Waals surface area (Å²) < 4.78 is 5.04. The molecule has 0 aliphatic carbocycles. The molecule has 1 rings (SSSR count). The molecule has 7 nitrogen and oxygen atoms in total. The SMILES string of the molecule is COCC(NC(=O)Nc1cc(C)[nH]c1C(=O)O)C(C)C. The molecule has 0 radical (unpaired) electrons. The summed E-state index contributed by atoms with van der Waals surface area (Å²) in [6, 6.07) is 0.972. The van der Waals surface area contributed by atoms with E-state index in [-0.39, 0.29) is 23.3 Å². The molecule has 7 heteroatoms. The van der Waals surface area contributed by atoms with Crippen LogP contribution < -0.4 is 10.6 Å². The number of aromatic amines is 1. The molecule has 1 atom stereocenters. The van der Waals surface area contributed by atoms with E-state index in [0.717, 1.165) is 0 Å². The number of carbonyl (C=O) groups is 2. The molecular formula is C13H21N3O4. The van der Waals surface area contributed by atoms with Crippen molar-refractivity contribution >= 4 is 17.7 Å². The number of H-pyrrole nitrogens is 1. The highest BCUT2D eigenvalue weighted by molar-refractivity contribution is 5.99. The van der Waals surface area contributed by atoms with Crippen molar-refractivity contribution in [2.45, 2.75) is 26.8 Å². The first-order valence-electron chi connectivity index (χ1n) is 6.34. The van der Waals surface area contributed by atoms with Gasteiger partial charge in [0.1, 0.15) is 5.69 Å². The molecule has 0 aliphatic rings. The second-order valence-corrected chi connectivity index (χ2v) is 4.95. The molecule has 1 unspecified atom stereocenters. The zero-order chi connectivity index (χ0) is 15.3. The number of nitrogens with one attached hydrogen (secondary N) is 3. The highest BCUT2D eigenvalue weighted by Crippen LogP contribution is 2.16. The topological polar surface area (TPSA) is 103 Å². The van der Waals surface area contributed by atoms with Gasteiger partial charge in [0.05, 0.1) is 18.3 Å². The molecule has 2 amide bonds. The molecule has 20 heavy (non-hydrogen) atoms. The van der Waals surface area contributed by atoms with Crippen LogP contribution in [0.25, 0.3) is 0 Å². The third kappa shape index (κ3) is 4.27. The van der Waals surface area contributed by atoms with Crippen LogP contribution in [0.3, 0.4) is 0 Å². The quantitative estimate of drug-likeness (QED) is 0.639. The molecular weight excluding hydrogens is 262 g/mol. The Labute approximate surface area is 117 Å². The number of amides is 2. The van der Waals surface area contributed by atoms with Crippen molar-refractivity contribution in [3.05, 3.63) is 17.5 Å². The van der Waals surface area contributed by atoms with Crippen LogP contribution in [0.4, 0.5) is 10.5 Å². The Morgan fingerprint density at radius 1 is 1.45 bits per heavy atom. The summed E-state index contributed by atoms with van der Waals surface area (Å²) in [7, 11) is 1.56. The van der Waals surface area contributed by atoms with Gasteiger partial charge in [0.25, 0.3) is 0 Å². The highest BCUT2D eigenvalue weighted by Gasteiger charge is 2.19. The van der Waals surface area contributed by atoms with E-state index in [1.54, 1.807) is 20.1 Å². The fourth-order valence-electron chi connectivity index (χ4n) is 1.76. The number of carbonyl (C=O) groups excluding carboxylic acids is 1. The average molecular weight is 283 g/mol. The summed E-state index contributed by atoms with van der Waals surface area (Å²) in [6.07, 6.45) is 0. The Morgan fingerprint density at radius 3 is 2.60 bits per heavy atom. The lowest BCUT2D eigenvalue weighted by atomic mass is 10.1. The molecule has 0 fully saturated rings. The van der Waals surface area contributed by atoms with E-state index in [4.69, 9.17) is 9.84 Å². The highest BCUT2D eigenvalue weighted by atomic mass is 16.5. The van der Waals surface area contributed by atoms with E-state index in [1.165, 1.54) is 0 Å². The molecule has 112 valence electrons. The molecule has 0 saturated carbocycles. The standard InChI is InChI=1S/C13H21N3O4/c1-7(2)10(6-20-4)16-13(19)15-9-5-8(3)14-11(9)12(17)18/h5,7,10,14H,6H2,1-4H3,(H,17,18)(H2,15,16,19). The molecule has 0 spiro atoms. The predicted molar refractivity (Wildman–Crippen MR) is 75.1 cm³/mol. The maximum Gasteiger partial charge on any atom is 0.354 e. The number of aromatic nitrogens is 1. The number of urea groups is 1. The summed E-state index contributed by atoms with van der Waals surface area (Å²) in [5.41, 5.74) is 0.868. The number of hydrogen-bond acceptors (Lipinski definition) is 3. The molecule has 1 heterocycles. The summed E-state index contributed by atoms with van der Waals surface area (Å²) in [4.78, 5) is 25.6. The number of rotatable bonds is 6. The first-order chi connectivity index (χ1) is 9.35. The van der Waals surface area contributed by atoms with Crippen molar-refractivity contribution in [3.8, 4) is 0 Å². The van der Waals surface area contributed by atoms with Crippen LogP contribution >= 0.6 is 0 Å². The third-order valence-corrected chi connectivity index (χ3v) is 2.88. The molecule has 0 bridgehead atoms. The number of methoxy groups -OCH3 is 1. The lowest BCUT2D eigenvalue weighted by Crippen LogP contribution is -2.43. The Kier molecular flexibility index (Phi) is 5.57. The molecule has 0 saturated heterocycles. The van der Waals surface area contributed by atoms with E-state index in [0.29, 0.717) is 12.3 Å². The van der Waals surface area contributed by atoms with E-state index in [2.05, 4.69) is 15.6 Å². The fraction of sp³-hybridized carbons (Fsp3) is 0.538. The number of anilines is 1. The number of carboxylic acids is 1. The van der Waals surface area contributed by atoms with Crippen molar-refractivity contribution in [3.63, 3.8) is 0 Å². The van der Waals surface area contributed by atoms with Crippen molar-refractivity contribution in [1.29, 1.82) is 0 Å². The summed E-state index contributed by atoms with van der Waals surface area (Å²) in [5, 5.41) is 14.3. The smallest absolute Gasteiger partial charge is 0.354 e. The minimum atomic E-state index is -1.12. The van der Waals surface area contributed by atoms with Crippen LogP contribution in [0, 0.1) is 12.8 Å². The van der Waals surface area contributed by atoms with E-state index in [1.807, 2.05) is 13.8 Å². The zero-order valence-electron chi connectivity index (χ0n) is 12.1. The number of carboxylic acid groups (broad SMARTS) is 1. The normalized spacial score (nSPS) is 12.2. The first-order valence-corrected chi connectivity index (χ1v) is 6.34. The van der Waals surface area contributed by atoms with E-state index < -0.39 is 12.0 Å². The monoisotopic (exact) mass is 283 g/mol. The fourth-order valence-corrected chi connectivity index (χ4v) is 1.76. The minimum absolute atomic E-state index is 0.0366. The Hall–Kier alpha value is -2.02. The molecule has 4 N–H and O–H groups in total.